The number of halogens is 1. The number of ether oxygens (including phenoxy) is 1. The van der Waals surface area contributed by atoms with Crippen molar-refractivity contribution in [1.82, 2.24) is 41.5 Å². The van der Waals surface area contributed by atoms with Crippen molar-refractivity contribution >= 4 is 29.7 Å². The minimum Gasteiger partial charge on any atom is -0.453 e. The molecule has 0 spiro atoms. The molecule has 1 aliphatic heterocycles. The summed E-state index contributed by atoms with van der Waals surface area (Å²) in [6.07, 6.45) is 16.7. The molecule has 0 saturated heterocycles. The largest absolute Gasteiger partial charge is 0.453 e. The molecule has 3 rings (SSSR count). The second-order valence-corrected chi connectivity index (χ2v) is 10.5. The van der Waals surface area contributed by atoms with E-state index in [0.29, 0.717) is 28.5 Å². The van der Waals surface area contributed by atoms with E-state index in [0.717, 1.165) is 61.8 Å². The van der Waals surface area contributed by atoms with Crippen LogP contribution in [0.2, 0.25) is 5.02 Å². The summed E-state index contributed by atoms with van der Waals surface area (Å²) in [6.45, 7) is 6.74. The Morgan fingerprint density at radius 2 is 2.00 bits per heavy atom. The van der Waals surface area contributed by atoms with Crippen molar-refractivity contribution in [2.75, 3.05) is 20.7 Å². The topological polar surface area (TPSA) is 135 Å². The molecule has 1 aromatic heterocycles. The van der Waals surface area contributed by atoms with Crippen LogP contribution in [-0.2, 0) is 9.53 Å². The van der Waals surface area contributed by atoms with E-state index < -0.39 is 6.09 Å². The van der Waals surface area contributed by atoms with Crippen LogP contribution in [0.1, 0.15) is 57.4 Å². The summed E-state index contributed by atoms with van der Waals surface area (Å²) in [5.74, 6) is -0.208. The van der Waals surface area contributed by atoms with E-state index in [-0.39, 0.29) is 11.9 Å². The number of hydrogen-bond acceptors (Lipinski definition) is 8. The average molecular weight is 609 g/mol. The molecule has 4 N–H and O–H groups in total. The number of carbonyl (C=O) groups excluding carboxylic acids is 2. The minimum atomic E-state index is -0.522. The van der Waals surface area contributed by atoms with Gasteiger partial charge in [0.15, 0.2) is 0 Å². The average Bonchev–Trinajstić information content (AvgIpc) is 3.54. The molecule has 230 valence electrons. The zero-order valence-corrected chi connectivity index (χ0v) is 25.8. The molecule has 43 heavy (non-hydrogen) atoms. The number of rotatable bonds is 7. The molecule has 0 saturated carbocycles. The van der Waals surface area contributed by atoms with Gasteiger partial charge in [-0.25, -0.2) is 4.79 Å². The van der Waals surface area contributed by atoms with Gasteiger partial charge in [0.25, 0.3) is 0 Å². The van der Waals surface area contributed by atoms with Crippen LogP contribution >= 0.6 is 11.6 Å². The second-order valence-electron chi connectivity index (χ2n) is 10.0. The van der Waals surface area contributed by atoms with Crippen LogP contribution in [-0.4, -0.2) is 59.0 Å². The van der Waals surface area contributed by atoms with Crippen LogP contribution < -0.4 is 21.3 Å². The number of tetrazole rings is 1. The molecule has 0 unspecified atom stereocenters. The van der Waals surface area contributed by atoms with E-state index in [9.17, 15) is 9.59 Å². The number of amides is 2. The number of allylic oxidation sites excluding steroid dienone is 3. The SMILES string of the molecule is C=C1/C(=C\C(=C/C)NC(=O)OC)CCCCCCC[C@H](NC(=O)/C=C/c2cc(Cl)ccc2-n2cnnn2)CN/C=C/1NC. The monoisotopic (exact) mass is 608 g/mol. The Hall–Kier alpha value is -4.38. The lowest BCUT2D eigenvalue weighted by Gasteiger charge is -2.20. The maximum atomic E-state index is 13.0. The molecular formula is C31H41ClN8O3. The summed E-state index contributed by atoms with van der Waals surface area (Å²) >= 11 is 6.21. The van der Waals surface area contributed by atoms with Gasteiger partial charge in [0.1, 0.15) is 6.33 Å². The molecule has 2 aromatic rings. The molecule has 1 aromatic carbocycles. The third-order valence-electron chi connectivity index (χ3n) is 7.01. The van der Waals surface area contributed by atoms with Crippen LogP contribution in [0.25, 0.3) is 11.8 Å². The number of likely N-dealkylation sites (N-methyl/N-ethyl adjacent to an activating group) is 1. The van der Waals surface area contributed by atoms with Crippen molar-refractivity contribution < 1.29 is 14.3 Å². The van der Waals surface area contributed by atoms with Crippen molar-refractivity contribution in [2.24, 2.45) is 0 Å². The normalized spacial score (nSPS) is 19.6. The van der Waals surface area contributed by atoms with Crippen molar-refractivity contribution in [1.29, 1.82) is 0 Å². The molecule has 2 heterocycles. The van der Waals surface area contributed by atoms with Gasteiger partial charge >= 0.3 is 6.09 Å². The number of nitrogens with zero attached hydrogens (tertiary/aromatic N) is 4. The summed E-state index contributed by atoms with van der Waals surface area (Å²) in [5, 5.41) is 24.3. The first-order valence-corrected chi connectivity index (χ1v) is 14.8. The molecule has 11 nitrogen and oxygen atoms in total. The lowest BCUT2D eigenvalue weighted by molar-refractivity contribution is -0.117. The Morgan fingerprint density at radius 3 is 2.72 bits per heavy atom. The van der Waals surface area contributed by atoms with E-state index in [4.69, 9.17) is 16.3 Å². The zero-order chi connectivity index (χ0) is 31.0. The van der Waals surface area contributed by atoms with E-state index >= 15 is 0 Å². The fourth-order valence-electron chi connectivity index (χ4n) is 4.66. The van der Waals surface area contributed by atoms with Crippen molar-refractivity contribution in [3.8, 4) is 5.69 Å². The van der Waals surface area contributed by atoms with Gasteiger partial charge in [-0.2, -0.15) is 4.68 Å². The molecule has 0 fully saturated rings. The fraction of sp³-hybridized carbons (Fsp3) is 0.387. The lowest BCUT2D eigenvalue weighted by Crippen LogP contribution is -2.40. The Labute approximate surface area is 258 Å². The zero-order valence-electron chi connectivity index (χ0n) is 25.0. The van der Waals surface area contributed by atoms with Gasteiger partial charge in [-0.3, -0.25) is 10.1 Å². The summed E-state index contributed by atoms with van der Waals surface area (Å²) < 4.78 is 6.27. The Morgan fingerprint density at radius 1 is 1.21 bits per heavy atom. The number of nitrogens with one attached hydrogen (secondary N) is 4. The van der Waals surface area contributed by atoms with Gasteiger partial charge in [0, 0.05) is 48.2 Å². The fourth-order valence-corrected chi connectivity index (χ4v) is 4.84. The minimum absolute atomic E-state index is 0.0880. The van der Waals surface area contributed by atoms with Gasteiger partial charge in [0.2, 0.25) is 5.91 Å². The van der Waals surface area contributed by atoms with Crippen LogP contribution in [0.5, 0.6) is 0 Å². The number of alkyl carbamates (subject to hydrolysis) is 1. The smallest absolute Gasteiger partial charge is 0.411 e. The van der Waals surface area contributed by atoms with Gasteiger partial charge < -0.3 is 20.7 Å². The predicted molar refractivity (Wildman–Crippen MR) is 169 cm³/mol. The van der Waals surface area contributed by atoms with Gasteiger partial charge in [-0.15, -0.1) is 5.10 Å². The van der Waals surface area contributed by atoms with E-state index in [2.05, 4.69) is 43.4 Å². The number of methoxy groups -OCH3 is 1. The van der Waals surface area contributed by atoms with E-state index in [1.54, 1.807) is 24.3 Å². The van der Waals surface area contributed by atoms with Crippen molar-refractivity contribution in [2.45, 2.75) is 57.9 Å². The van der Waals surface area contributed by atoms with Gasteiger partial charge in [-0.05, 0) is 78.1 Å². The predicted octanol–water partition coefficient (Wildman–Crippen LogP) is 4.95. The van der Waals surface area contributed by atoms with E-state index in [1.807, 2.05) is 32.3 Å². The summed E-state index contributed by atoms with van der Waals surface area (Å²) in [6, 6.07) is 5.22. The van der Waals surface area contributed by atoms with Crippen LogP contribution in [0.15, 0.2) is 78.1 Å². The number of carbonyl (C=O) groups is 2. The standard InChI is InChI=1S/C31H41ClN8O3/c1-5-26(37-31(42)43-4)18-23-11-9-7-6-8-10-12-27(19-34-20-28(33-3)22(23)2)36-30(41)16-13-24-17-25(32)14-15-29(24)40-21-35-38-39-40/h5,13-18,20-21,27,33-34H,2,6-12,19H2,1,3-4H3,(H,36,41)(H,37,42)/b16-13+,23-18-,26-5+,28-20-/t27-/m0/s1. The first kappa shape index (κ1) is 33.1. The highest BCUT2D eigenvalue weighted by Crippen LogP contribution is 2.24. The summed E-state index contributed by atoms with van der Waals surface area (Å²) in [4.78, 5) is 24.8. The molecule has 2 amide bonds. The van der Waals surface area contributed by atoms with Crippen molar-refractivity contribution in [3.63, 3.8) is 0 Å². The number of hydrogen-bond donors (Lipinski definition) is 4. The summed E-state index contributed by atoms with van der Waals surface area (Å²) in [5.41, 5.74) is 4.72. The molecule has 12 heteroatoms. The quantitative estimate of drug-likeness (QED) is 0.324. The maximum Gasteiger partial charge on any atom is 0.411 e. The molecule has 0 aliphatic carbocycles. The lowest BCUT2D eigenvalue weighted by atomic mass is 9.96. The maximum absolute atomic E-state index is 13.0. The molecule has 0 bridgehead atoms. The van der Waals surface area contributed by atoms with E-state index in [1.165, 1.54) is 24.2 Å². The molecule has 1 atom stereocenters. The van der Waals surface area contributed by atoms with Crippen LogP contribution in [0, 0.1) is 0 Å². The molecular weight excluding hydrogens is 568 g/mol. The number of aromatic nitrogens is 4. The van der Waals surface area contributed by atoms with Gasteiger partial charge in [0.05, 0.1) is 18.5 Å². The molecule has 1 aliphatic rings. The highest BCUT2D eigenvalue weighted by atomic mass is 35.5. The van der Waals surface area contributed by atoms with Crippen LogP contribution in [0.3, 0.4) is 0 Å². The Bertz CT molecular complexity index is 1370. The highest BCUT2D eigenvalue weighted by molar-refractivity contribution is 6.30. The number of benzene rings is 1. The van der Waals surface area contributed by atoms with Gasteiger partial charge in [-0.1, -0.05) is 49.9 Å². The Kier molecular flexibility index (Phi) is 13.5. The Balaban J connectivity index is 1.73. The third-order valence-corrected chi connectivity index (χ3v) is 7.25. The first-order valence-electron chi connectivity index (χ1n) is 14.4. The second kappa shape index (κ2) is 17.5. The molecule has 0 radical (unpaired) electrons. The first-order chi connectivity index (χ1) is 20.8. The van der Waals surface area contributed by atoms with Crippen molar-refractivity contribution in [3.05, 3.63) is 88.7 Å². The third kappa shape index (κ3) is 10.8. The highest BCUT2D eigenvalue weighted by Gasteiger charge is 2.14. The van der Waals surface area contributed by atoms with Crippen LogP contribution in [0.4, 0.5) is 4.79 Å². The summed E-state index contributed by atoms with van der Waals surface area (Å²) in [7, 11) is 3.18.